The first kappa shape index (κ1) is 12.6. The van der Waals surface area contributed by atoms with Crippen LogP contribution in [0.3, 0.4) is 0 Å². The molecule has 1 N–H and O–H groups in total. The van der Waals surface area contributed by atoms with Crippen molar-refractivity contribution in [3.8, 4) is 0 Å². The van der Waals surface area contributed by atoms with Crippen LogP contribution in [0.5, 0.6) is 0 Å². The van der Waals surface area contributed by atoms with Crippen molar-refractivity contribution in [1.29, 1.82) is 0 Å². The topological polar surface area (TPSA) is 24.9 Å². The Balaban J connectivity index is 1.96. The van der Waals surface area contributed by atoms with Crippen molar-refractivity contribution >= 4 is 0 Å². The van der Waals surface area contributed by atoms with Gasteiger partial charge in [0.05, 0.1) is 0 Å². The van der Waals surface area contributed by atoms with Crippen molar-refractivity contribution in [3.05, 3.63) is 30.1 Å². The molecule has 94 valence electrons. The Morgan fingerprint density at radius 2 is 1.94 bits per heavy atom. The summed E-state index contributed by atoms with van der Waals surface area (Å²) in [5.74, 6) is 1.67. The third kappa shape index (κ3) is 3.29. The normalized spacial score (nSPS) is 31.1. The van der Waals surface area contributed by atoms with Gasteiger partial charge in [-0.2, -0.15) is 0 Å². The van der Waals surface area contributed by atoms with Gasteiger partial charge in [0.1, 0.15) is 0 Å². The van der Waals surface area contributed by atoms with Crippen LogP contribution in [0.2, 0.25) is 0 Å². The average molecular weight is 232 g/mol. The Bertz CT molecular complexity index is 336. The van der Waals surface area contributed by atoms with E-state index in [2.05, 4.69) is 43.2 Å². The summed E-state index contributed by atoms with van der Waals surface area (Å²) in [6.45, 7) is 7.00. The van der Waals surface area contributed by atoms with E-state index in [1.165, 1.54) is 24.8 Å². The molecular weight excluding hydrogens is 208 g/mol. The third-order valence-corrected chi connectivity index (χ3v) is 4.13. The Hall–Kier alpha value is -0.890. The zero-order valence-electron chi connectivity index (χ0n) is 11.2. The van der Waals surface area contributed by atoms with Crippen LogP contribution < -0.4 is 5.32 Å². The molecule has 1 aromatic heterocycles. The van der Waals surface area contributed by atoms with Crippen LogP contribution >= 0.6 is 0 Å². The first-order chi connectivity index (χ1) is 8.16. The zero-order chi connectivity index (χ0) is 12.3. The highest BCUT2D eigenvalue weighted by Gasteiger charge is 2.26. The second-order valence-corrected chi connectivity index (χ2v) is 5.67. The fraction of sp³-hybridized carbons (Fsp3) is 0.667. The van der Waals surface area contributed by atoms with Gasteiger partial charge in [0.15, 0.2) is 0 Å². The summed E-state index contributed by atoms with van der Waals surface area (Å²) in [7, 11) is 0. The van der Waals surface area contributed by atoms with Gasteiger partial charge in [0.2, 0.25) is 0 Å². The lowest BCUT2D eigenvalue weighted by Crippen LogP contribution is -2.40. The molecular formula is C15H24N2. The highest BCUT2D eigenvalue weighted by molar-refractivity contribution is 5.14. The van der Waals surface area contributed by atoms with E-state index in [1.807, 2.05) is 12.4 Å². The molecule has 1 saturated carbocycles. The highest BCUT2D eigenvalue weighted by Crippen LogP contribution is 2.29. The SMILES string of the molecule is CC1CCC(C)C(N[C@@H](C)c2ccncc2)C1. The highest BCUT2D eigenvalue weighted by atomic mass is 15.0. The second-order valence-electron chi connectivity index (χ2n) is 5.67. The number of nitrogens with one attached hydrogen (secondary N) is 1. The maximum Gasteiger partial charge on any atom is 0.0295 e. The Kier molecular flexibility index (Phi) is 4.16. The molecule has 1 heterocycles. The van der Waals surface area contributed by atoms with Gasteiger partial charge in [0.25, 0.3) is 0 Å². The molecule has 1 aliphatic rings. The molecule has 0 radical (unpaired) electrons. The van der Waals surface area contributed by atoms with E-state index in [4.69, 9.17) is 0 Å². The molecule has 0 bridgehead atoms. The van der Waals surface area contributed by atoms with E-state index in [-0.39, 0.29) is 0 Å². The minimum Gasteiger partial charge on any atom is -0.307 e. The molecule has 1 aliphatic carbocycles. The first-order valence-corrected chi connectivity index (χ1v) is 6.82. The Labute approximate surface area is 105 Å². The van der Waals surface area contributed by atoms with E-state index in [9.17, 15) is 0 Å². The van der Waals surface area contributed by atoms with Crippen molar-refractivity contribution in [1.82, 2.24) is 10.3 Å². The molecule has 2 rings (SSSR count). The van der Waals surface area contributed by atoms with E-state index in [1.54, 1.807) is 0 Å². The van der Waals surface area contributed by atoms with Crippen LogP contribution in [0.15, 0.2) is 24.5 Å². The van der Waals surface area contributed by atoms with Gasteiger partial charge < -0.3 is 5.32 Å². The van der Waals surface area contributed by atoms with E-state index >= 15 is 0 Å². The van der Waals surface area contributed by atoms with Gasteiger partial charge in [-0.3, -0.25) is 4.98 Å². The molecule has 0 saturated heterocycles. The lowest BCUT2D eigenvalue weighted by Gasteiger charge is -2.35. The third-order valence-electron chi connectivity index (χ3n) is 4.13. The summed E-state index contributed by atoms with van der Waals surface area (Å²) in [4.78, 5) is 4.07. The largest absolute Gasteiger partial charge is 0.307 e. The summed E-state index contributed by atoms with van der Waals surface area (Å²) in [6, 6.07) is 5.31. The molecule has 3 unspecified atom stereocenters. The quantitative estimate of drug-likeness (QED) is 0.862. The maximum absolute atomic E-state index is 4.07. The Morgan fingerprint density at radius 3 is 2.65 bits per heavy atom. The van der Waals surface area contributed by atoms with E-state index in [0.717, 1.165) is 11.8 Å². The van der Waals surface area contributed by atoms with Crippen molar-refractivity contribution in [2.45, 2.75) is 52.1 Å². The fourth-order valence-corrected chi connectivity index (χ4v) is 2.83. The van der Waals surface area contributed by atoms with Gasteiger partial charge in [-0.15, -0.1) is 0 Å². The van der Waals surface area contributed by atoms with E-state index in [0.29, 0.717) is 12.1 Å². The minimum absolute atomic E-state index is 0.427. The van der Waals surface area contributed by atoms with Gasteiger partial charge in [-0.1, -0.05) is 20.3 Å². The maximum atomic E-state index is 4.07. The predicted molar refractivity (Wildman–Crippen MR) is 71.8 cm³/mol. The fourth-order valence-electron chi connectivity index (χ4n) is 2.83. The smallest absolute Gasteiger partial charge is 0.0295 e. The molecule has 0 spiro atoms. The van der Waals surface area contributed by atoms with Gasteiger partial charge in [0, 0.05) is 24.5 Å². The molecule has 0 amide bonds. The molecule has 2 nitrogen and oxygen atoms in total. The summed E-state index contributed by atoms with van der Waals surface area (Å²) in [6.07, 6.45) is 7.82. The summed E-state index contributed by atoms with van der Waals surface area (Å²) < 4.78 is 0. The van der Waals surface area contributed by atoms with Crippen molar-refractivity contribution in [2.24, 2.45) is 11.8 Å². The lowest BCUT2D eigenvalue weighted by atomic mass is 9.79. The number of pyridine rings is 1. The van der Waals surface area contributed by atoms with Crippen LogP contribution in [-0.2, 0) is 0 Å². The Morgan fingerprint density at radius 1 is 1.24 bits per heavy atom. The van der Waals surface area contributed by atoms with Crippen LogP contribution in [0.1, 0.15) is 51.6 Å². The monoisotopic (exact) mass is 232 g/mol. The van der Waals surface area contributed by atoms with Gasteiger partial charge in [-0.25, -0.2) is 0 Å². The average Bonchev–Trinajstić information content (AvgIpc) is 2.35. The molecule has 1 aromatic rings. The van der Waals surface area contributed by atoms with Crippen molar-refractivity contribution in [2.75, 3.05) is 0 Å². The second kappa shape index (κ2) is 5.63. The molecule has 17 heavy (non-hydrogen) atoms. The van der Waals surface area contributed by atoms with Gasteiger partial charge >= 0.3 is 0 Å². The van der Waals surface area contributed by atoms with Crippen LogP contribution in [0, 0.1) is 11.8 Å². The first-order valence-electron chi connectivity index (χ1n) is 6.82. The van der Waals surface area contributed by atoms with Crippen LogP contribution in [0.4, 0.5) is 0 Å². The summed E-state index contributed by atoms with van der Waals surface area (Å²) in [5, 5.41) is 3.79. The number of aromatic nitrogens is 1. The number of hydrogen-bond acceptors (Lipinski definition) is 2. The number of hydrogen-bond donors (Lipinski definition) is 1. The van der Waals surface area contributed by atoms with Crippen molar-refractivity contribution < 1.29 is 0 Å². The molecule has 0 aliphatic heterocycles. The predicted octanol–water partition coefficient (Wildman–Crippen LogP) is 3.56. The summed E-state index contributed by atoms with van der Waals surface area (Å²) in [5.41, 5.74) is 1.34. The lowest BCUT2D eigenvalue weighted by molar-refractivity contribution is 0.216. The van der Waals surface area contributed by atoms with Gasteiger partial charge in [-0.05, 0) is 49.3 Å². The zero-order valence-corrected chi connectivity index (χ0v) is 11.2. The standard InChI is InChI=1S/C15H24N2/c1-11-4-5-12(2)15(10-11)17-13(3)14-6-8-16-9-7-14/h6-9,11-13,15,17H,4-5,10H2,1-3H3/t11?,12?,13-,15?/m0/s1. The molecule has 1 fully saturated rings. The number of nitrogens with zero attached hydrogens (tertiary/aromatic N) is 1. The van der Waals surface area contributed by atoms with Crippen LogP contribution in [-0.4, -0.2) is 11.0 Å². The van der Waals surface area contributed by atoms with E-state index < -0.39 is 0 Å². The number of rotatable bonds is 3. The van der Waals surface area contributed by atoms with Crippen LogP contribution in [0.25, 0.3) is 0 Å². The minimum atomic E-state index is 0.427. The van der Waals surface area contributed by atoms with Crippen molar-refractivity contribution in [3.63, 3.8) is 0 Å². The molecule has 4 atom stereocenters. The summed E-state index contributed by atoms with van der Waals surface area (Å²) >= 11 is 0. The molecule has 0 aromatic carbocycles. The molecule has 2 heteroatoms.